The topological polar surface area (TPSA) is 84.9 Å². The minimum absolute atomic E-state index is 0.0458. The molecule has 0 spiro atoms. The second kappa shape index (κ2) is 8.85. The van der Waals surface area contributed by atoms with E-state index >= 15 is 0 Å². The minimum atomic E-state index is -0.846. The van der Waals surface area contributed by atoms with E-state index in [1.807, 2.05) is 0 Å². The first-order valence-corrected chi connectivity index (χ1v) is 8.80. The first-order chi connectivity index (χ1) is 12.8. The zero-order valence-electron chi connectivity index (χ0n) is 15.2. The second-order valence-electron chi connectivity index (χ2n) is 5.73. The summed E-state index contributed by atoms with van der Waals surface area (Å²) in [5, 5.41) is 1.26. The van der Waals surface area contributed by atoms with Crippen LogP contribution in [0.2, 0.25) is 5.02 Å². The van der Waals surface area contributed by atoms with Crippen molar-refractivity contribution in [2.45, 2.75) is 33.2 Å². The fraction of sp³-hybridized carbons (Fsp3) is 0.389. The Labute approximate surface area is 161 Å². The van der Waals surface area contributed by atoms with Gasteiger partial charge < -0.3 is 14.9 Å². The van der Waals surface area contributed by atoms with Crippen LogP contribution in [0.5, 0.6) is 0 Å². The van der Waals surface area contributed by atoms with Crippen LogP contribution in [0.4, 0.5) is 10.1 Å². The number of nitrogens with zero attached hydrogens (tertiary/aromatic N) is 1. The first-order valence-electron chi connectivity index (χ1n) is 8.42. The molecule has 27 heavy (non-hydrogen) atoms. The van der Waals surface area contributed by atoms with Crippen molar-refractivity contribution in [1.29, 1.82) is 0 Å². The van der Waals surface area contributed by atoms with Crippen molar-refractivity contribution in [3.8, 4) is 0 Å². The van der Waals surface area contributed by atoms with Crippen molar-refractivity contribution in [3.05, 3.63) is 40.3 Å². The monoisotopic (exact) mass is 398 g/mol. The third-order valence-electron chi connectivity index (χ3n) is 3.87. The molecule has 0 saturated heterocycles. The van der Waals surface area contributed by atoms with Crippen molar-refractivity contribution in [2.75, 3.05) is 18.2 Å². The Balaban J connectivity index is 2.39. The molecule has 1 aliphatic heterocycles. The molecule has 1 aromatic rings. The molecule has 2 rings (SSSR count). The number of anilines is 1. The van der Waals surface area contributed by atoms with Crippen molar-refractivity contribution < 1.29 is 28.2 Å². The molecular formula is C18H20ClFN2O5. The summed E-state index contributed by atoms with van der Waals surface area (Å²) in [5.41, 5.74) is 2.86. The molecule has 1 aromatic carbocycles. The molecule has 146 valence electrons. The van der Waals surface area contributed by atoms with Gasteiger partial charge in [0.1, 0.15) is 5.82 Å². The Morgan fingerprint density at radius 1 is 1.30 bits per heavy atom. The van der Waals surface area contributed by atoms with E-state index in [9.17, 15) is 18.8 Å². The number of benzene rings is 1. The van der Waals surface area contributed by atoms with Gasteiger partial charge in [-0.1, -0.05) is 11.6 Å². The van der Waals surface area contributed by atoms with E-state index in [1.165, 1.54) is 11.1 Å². The summed E-state index contributed by atoms with van der Waals surface area (Å²) < 4.78 is 23.5. The van der Waals surface area contributed by atoms with Crippen molar-refractivity contribution >= 4 is 35.0 Å². The molecule has 0 fully saturated rings. The summed E-state index contributed by atoms with van der Waals surface area (Å²) in [6, 6.07) is 2.20. The number of fused-ring (bicyclic) bond motifs is 1. The van der Waals surface area contributed by atoms with Gasteiger partial charge in [-0.05, 0) is 32.9 Å². The molecule has 7 nitrogen and oxygen atoms in total. The highest BCUT2D eigenvalue weighted by Gasteiger charge is 2.32. The van der Waals surface area contributed by atoms with Gasteiger partial charge in [0.2, 0.25) is 0 Å². The second-order valence-corrected chi connectivity index (χ2v) is 6.11. The minimum Gasteiger partial charge on any atom is -0.462 e. The number of Topliss-reactive ketones (excluding diaryl/α,β-unsaturated/α-hetero) is 1. The van der Waals surface area contributed by atoms with E-state index < -0.39 is 17.8 Å². The number of hydrogen-bond acceptors (Lipinski definition) is 7. The lowest BCUT2D eigenvalue weighted by Crippen LogP contribution is -2.47. The quantitative estimate of drug-likeness (QED) is 0.341. The summed E-state index contributed by atoms with van der Waals surface area (Å²) in [7, 11) is 0. The largest absolute Gasteiger partial charge is 0.462 e. The Morgan fingerprint density at radius 2 is 1.89 bits per heavy atom. The van der Waals surface area contributed by atoms with Gasteiger partial charge in [0.25, 0.3) is 0 Å². The van der Waals surface area contributed by atoms with Crippen molar-refractivity contribution in [3.63, 3.8) is 0 Å². The summed E-state index contributed by atoms with van der Waals surface area (Å²) in [4.78, 5) is 36.3. The van der Waals surface area contributed by atoms with E-state index in [4.69, 9.17) is 21.1 Å². The van der Waals surface area contributed by atoms with Crippen LogP contribution in [-0.4, -0.2) is 37.0 Å². The third kappa shape index (κ3) is 4.39. The van der Waals surface area contributed by atoms with Gasteiger partial charge in [-0.3, -0.25) is 9.80 Å². The molecule has 1 atom stereocenters. The molecule has 0 aromatic heterocycles. The van der Waals surface area contributed by atoms with E-state index in [0.717, 1.165) is 12.3 Å². The van der Waals surface area contributed by atoms with Crippen LogP contribution in [0.1, 0.15) is 37.6 Å². The smallest absolute Gasteiger partial charge is 0.347 e. The lowest BCUT2D eigenvalue weighted by atomic mass is 9.96. The molecule has 0 amide bonds. The molecule has 0 bridgehead atoms. The molecule has 1 aliphatic rings. The molecule has 0 saturated carbocycles. The van der Waals surface area contributed by atoms with Gasteiger partial charge in [-0.15, -0.1) is 0 Å². The molecule has 1 heterocycles. The molecule has 1 N–H and O–H groups in total. The highest BCUT2D eigenvalue weighted by atomic mass is 35.5. The van der Waals surface area contributed by atoms with Crippen LogP contribution in [0.25, 0.3) is 0 Å². The van der Waals surface area contributed by atoms with Crippen LogP contribution < -0.4 is 10.4 Å². The number of hydrazine groups is 1. The van der Waals surface area contributed by atoms with E-state index in [1.54, 1.807) is 20.8 Å². The maximum absolute atomic E-state index is 13.7. The SMILES string of the molecule is CCOC(=O)C(=CNN1c2ccc(F)c(Cl)c2C(=O)CC1C)C(=O)OCC. The highest BCUT2D eigenvalue weighted by molar-refractivity contribution is 6.35. The molecule has 0 aliphatic carbocycles. The lowest BCUT2D eigenvalue weighted by Gasteiger charge is -2.36. The molecule has 9 heteroatoms. The zero-order chi connectivity index (χ0) is 20.1. The van der Waals surface area contributed by atoms with Crippen LogP contribution >= 0.6 is 11.6 Å². The van der Waals surface area contributed by atoms with E-state index in [2.05, 4.69) is 5.43 Å². The number of nitrogens with one attached hydrogen (secondary N) is 1. The van der Waals surface area contributed by atoms with Crippen molar-refractivity contribution in [2.24, 2.45) is 0 Å². The van der Waals surface area contributed by atoms with Crippen LogP contribution in [0, 0.1) is 5.82 Å². The third-order valence-corrected chi connectivity index (χ3v) is 4.24. The summed E-state index contributed by atoms with van der Waals surface area (Å²) in [6.07, 6.45) is 1.22. The zero-order valence-corrected chi connectivity index (χ0v) is 15.9. The average molecular weight is 399 g/mol. The number of esters is 2. The Morgan fingerprint density at radius 3 is 2.44 bits per heavy atom. The number of halogens is 2. The average Bonchev–Trinajstić information content (AvgIpc) is 2.60. The Bertz CT molecular complexity index is 776. The van der Waals surface area contributed by atoms with Gasteiger partial charge in [-0.2, -0.15) is 0 Å². The normalized spacial score (nSPS) is 15.7. The van der Waals surface area contributed by atoms with Gasteiger partial charge >= 0.3 is 11.9 Å². The first kappa shape index (κ1) is 20.7. The number of rotatable bonds is 6. The fourth-order valence-electron chi connectivity index (χ4n) is 2.66. The van der Waals surface area contributed by atoms with Crippen LogP contribution in [0.3, 0.4) is 0 Å². The van der Waals surface area contributed by atoms with Gasteiger partial charge in [0.15, 0.2) is 11.4 Å². The lowest BCUT2D eigenvalue weighted by molar-refractivity contribution is -0.146. The predicted molar refractivity (Wildman–Crippen MR) is 96.8 cm³/mol. The molecule has 1 unspecified atom stereocenters. The summed E-state index contributed by atoms with van der Waals surface area (Å²) >= 11 is 5.95. The van der Waals surface area contributed by atoms with E-state index in [0.29, 0.717) is 5.69 Å². The van der Waals surface area contributed by atoms with Crippen LogP contribution in [0.15, 0.2) is 23.9 Å². The molecule has 0 radical (unpaired) electrons. The maximum Gasteiger partial charge on any atom is 0.347 e. The Kier molecular flexibility index (Phi) is 6.79. The highest BCUT2D eigenvalue weighted by Crippen LogP contribution is 2.35. The summed E-state index contributed by atoms with van der Waals surface area (Å²) in [5.74, 6) is -2.68. The molecular weight excluding hydrogens is 379 g/mol. The fourth-order valence-corrected chi connectivity index (χ4v) is 2.92. The maximum atomic E-state index is 13.7. The summed E-state index contributed by atoms with van der Waals surface area (Å²) in [6.45, 7) is 5.15. The predicted octanol–water partition coefficient (Wildman–Crippen LogP) is 2.78. The van der Waals surface area contributed by atoms with Gasteiger partial charge in [-0.25, -0.2) is 14.0 Å². The van der Waals surface area contributed by atoms with Gasteiger partial charge in [0, 0.05) is 12.6 Å². The number of ether oxygens (including phenoxy) is 2. The number of carbonyl (C=O) groups excluding carboxylic acids is 3. The van der Waals surface area contributed by atoms with Gasteiger partial charge in [0.05, 0.1) is 35.5 Å². The number of carbonyl (C=O) groups is 3. The van der Waals surface area contributed by atoms with E-state index in [-0.39, 0.29) is 47.6 Å². The number of hydrogen-bond donors (Lipinski definition) is 1. The number of ketones is 1. The standard InChI is InChI=1S/C18H20ClFN2O5/c1-4-26-17(24)11(18(25)27-5-2)9-21-22-10(3)8-14(23)15-13(22)7-6-12(20)16(15)19/h6-7,9-10,21H,4-5,8H2,1-3H3. The Hall–Kier alpha value is -2.61. The van der Waals surface area contributed by atoms with Crippen LogP contribution in [-0.2, 0) is 19.1 Å². The van der Waals surface area contributed by atoms with Crippen molar-refractivity contribution in [1.82, 2.24) is 5.43 Å².